The van der Waals surface area contributed by atoms with E-state index in [0.717, 1.165) is 5.56 Å². The van der Waals surface area contributed by atoms with Gasteiger partial charge in [-0.3, -0.25) is 9.59 Å². The molecule has 0 spiro atoms. The van der Waals surface area contributed by atoms with Crippen molar-refractivity contribution in [1.29, 1.82) is 0 Å². The summed E-state index contributed by atoms with van der Waals surface area (Å²) in [6.07, 6.45) is -1.45. The van der Waals surface area contributed by atoms with Gasteiger partial charge in [0.25, 0.3) is 0 Å². The lowest BCUT2D eigenvalue weighted by molar-refractivity contribution is -0.129. The molecule has 2 N–H and O–H groups in total. The van der Waals surface area contributed by atoms with Gasteiger partial charge in [0.15, 0.2) is 6.29 Å². The van der Waals surface area contributed by atoms with Gasteiger partial charge in [0.2, 0.25) is 11.8 Å². The first-order valence-corrected chi connectivity index (χ1v) is 10.4. The van der Waals surface area contributed by atoms with E-state index >= 15 is 0 Å². The largest absolute Gasteiger partial charge is 0.377 e. The van der Waals surface area contributed by atoms with E-state index in [1.165, 1.54) is 0 Å². The van der Waals surface area contributed by atoms with Crippen LogP contribution in [-0.4, -0.2) is 90.0 Å². The summed E-state index contributed by atoms with van der Waals surface area (Å²) >= 11 is 0. The Bertz CT molecular complexity index is 637. The zero-order chi connectivity index (χ0) is 21.7. The van der Waals surface area contributed by atoms with E-state index in [0.29, 0.717) is 39.5 Å². The minimum absolute atomic E-state index is 0.102. The van der Waals surface area contributed by atoms with Crippen LogP contribution in [-0.2, 0) is 38.0 Å². The first-order chi connectivity index (χ1) is 15.2. The molecule has 10 nitrogen and oxygen atoms in total. The lowest BCUT2D eigenvalue weighted by Crippen LogP contribution is -2.37. The summed E-state index contributed by atoms with van der Waals surface area (Å²) in [6.45, 7) is 2.45. The highest BCUT2D eigenvalue weighted by atomic mass is 16.7. The van der Waals surface area contributed by atoms with Crippen molar-refractivity contribution in [3.63, 3.8) is 0 Å². The summed E-state index contributed by atoms with van der Waals surface area (Å²) < 4.78 is 33.8. The molecule has 2 heterocycles. The molecule has 0 saturated carbocycles. The number of hydrogen-bond acceptors (Lipinski definition) is 8. The molecule has 0 aromatic heterocycles. The summed E-state index contributed by atoms with van der Waals surface area (Å²) in [5.74, 6) is -0.477. The Morgan fingerprint density at radius 1 is 0.677 bits per heavy atom. The van der Waals surface area contributed by atoms with Gasteiger partial charge in [-0.1, -0.05) is 30.3 Å². The first-order valence-electron chi connectivity index (χ1n) is 10.4. The minimum atomic E-state index is -0.568. The van der Waals surface area contributed by atoms with E-state index in [9.17, 15) is 9.59 Å². The highest BCUT2D eigenvalue weighted by molar-refractivity contribution is 5.77. The SMILES string of the molecule is O=C1COC[C@@H]2OC(c3ccccc3)O[C@H]2COCC(=O)NCCOCCOCCN1. The number of hydrogen-bond donors (Lipinski definition) is 2. The van der Waals surface area contributed by atoms with Crippen LogP contribution in [0.15, 0.2) is 30.3 Å². The number of ether oxygens (including phenoxy) is 6. The maximum atomic E-state index is 11.9. The zero-order valence-electron chi connectivity index (χ0n) is 17.5. The number of fused-ring (bicyclic) bond motifs is 1. The molecule has 0 aliphatic carbocycles. The second-order valence-electron chi connectivity index (χ2n) is 7.05. The lowest BCUT2D eigenvalue weighted by atomic mass is 10.2. The fraction of sp³-hybridized carbons (Fsp3) is 0.619. The van der Waals surface area contributed by atoms with Gasteiger partial charge in [-0.05, 0) is 0 Å². The smallest absolute Gasteiger partial charge is 0.246 e. The van der Waals surface area contributed by atoms with Crippen molar-refractivity contribution in [1.82, 2.24) is 10.6 Å². The average Bonchev–Trinajstić information content (AvgIpc) is 3.18. The summed E-state index contributed by atoms with van der Waals surface area (Å²) in [7, 11) is 0. The third-order valence-corrected chi connectivity index (χ3v) is 4.62. The second-order valence-corrected chi connectivity index (χ2v) is 7.05. The lowest BCUT2D eigenvalue weighted by Gasteiger charge is -2.17. The summed E-state index contributed by atoms with van der Waals surface area (Å²) in [5, 5.41) is 5.46. The van der Waals surface area contributed by atoms with Crippen LogP contribution in [0.4, 0.5) is 0 Å². The monoisotopic (exact) mass is 438 g/mol. The van der Waals surface area contributed by atoms with E-state index in [-0.39, 0.29) is 38.2 Å². The van der Waals surface area contributed by atoms with Crippen LogP contribution in [0.1, 0.15) is 11.9 Å². The van der Waals surface area contributed by atoms with E-state index < -0.39 is 18.5 Å². The number of carbonyl (C=O) groups excluding carboxylic acids is 2. The summed E-state index contributed by atoms with van der Waals surface area (Å²) in [6, 6.07) is 9.52. The molecule has 2 fully saturated rings. The summed E-state index contributed by atoms with van der Waals surface area (Å²) in [4.78, 5) is 23.8. The summed E-state index contributed by atoms with van der Waals surface area (Å²) in [5.41, 5.74) is 0.871. The molecule has 1 aromatic carbocycles. The number of nitrogens with one attached hydrogen (secondary N) is 2. The maximum Gasteiger partial charge on any atom is 0.246 e. The predicted octanol–water partition coefficient (Wildman–Crippen LogP) is -0.218. The van der Waals surface area contributed by atoms with Crippen molar-refractivity contribution < 1.29 is 38.0 Å². The topological polar surface area (TPSA) is 114 Å². The molecule has 2 aliphatic rings. The molecule has 2 atom stereocenters. The Morgan fingerprint density at radius 3 is 1.71 bits per heavy atom. The average molecular weight is 438 g/mol. The minimum Gasteiger partial charge on any atom is -0.377 e. The van der Waals surface area contributed by atoms with E-state index in [1.807, 2.05) is 30.3 Å². The molecule has 3 rings (SSSR count). The Hall–Kier alpha value is -2.08. The first kappa shape index (κ1) is 23.6. The van der Waals surface area contributed by atoms with Gasteiger partial charge in [-0.2, -0.15) is 0 Å². The molecule has 31 heavy (non-hydrogen) atoms. The number of carbonyl (C=O) groups is 2. The van der Waals surface area contributed by atoms with Crippen molar-refractivity contribution in [3.05, 3.63) is 35.9 Å². The van der Waals surface area contributed by atoms with Gasteiger partial charge in [-0.15, -0.1) is 0 Å². The Morgan fingerprint density at radius 2 is 1.19 bits per heavy atom. The van der Waals surface area contributed by atoms with Crippen LogP contribution >= 0.6 is 0 Å². The predicted molar refractivity (Wildman–Crippen MR) is 108 cm³/mol. The zero-order valence-corrected chi connectivity index (χ0v) is 17.5. The Kier molecular flexibility index (Phi) is 10.2. The molecule has 10 heteroatoms. The third-order valence-electron chi connectivity index (χ3n) is 4.62. The quantitative estimate of drug-likeness (QED) is 0.619. The molecule has 2 amide bonds. The highest BCUT2D eigenvalue weighted by Crippen LogP contribution is 2.31. The second kappa shape index (κ2) is 13.4. The normalized spacial score (nSPS) is 26.5. The van der Waals surface area contributed by atoms with E-state index in [2.05, 4.69) is 10.6 Å². The van der Waals surface area contributed by atoms with Crippen molar-refractivity contribution in [3.8, 4) is 0 Å². The fourth-order valence-corrected chi connectivity index (χ4v) is 3.07. The Balaban J connectivity index is 1.54. The van der Waals surface area contributed by atoms with Crippen LogP contribution in [0.2, 0.25) is 0 Å². The van der Waals surface area contributed by atoms with Gasteiger partial charge in [-0.25, -0.2) is 0 Å². The molecule has 2 aliphatic heterocycles. The van der Waals surface area contributed by atoms with Crippen LogP contribution in [0.3, 0.4) is 0 Å². The van der Waals surface area contributed by atoms with Gasteiger partial charge >= 0.3 is 0 Å². The third kappa shape index (κ3) is 8.52. The van der Waals surface area contributed by atoms with Crippen LogP contribution in [0, 0.1) is 0 Å². The van der Waals surface area contributed by atoms with E-state index in [4.69, 9.17) is 28.4 Å². The van der Waals surface area contributed by atoms with Crippen molar-refractivity contribution >= 4 is 11.8 Å². The standard InChI is InChI=1S/C21H30N2O8/c24-19-14-28-12-17-18(31-21(30-17)16-4-2-1-3-5-16)13-29-15-20(25)23-7-9-27-11-10-26-8-6-22-19/h1-5,17-18,21H,6-15H2,(H,22,24)(H,23,25)/t17-,18-/m0/s1. The molecule has 0 bridgehead atoms. The molecule has 1 aromatic rings. The number of rotatable bonds is 1. The van der Waals surface area contributed by atoms with Crippen molar-refractivity contribution in [2.75, 3.05) is 65.9 Å². The van der Waals surface area contributed by atoms with Gasteiger partial charge in [0, 0.05) is 18.7 Å². The molecule has 172 valence electrons. The van der Waals surface area contributed by atoms with Crippen molar-refractivity contribution in [2.24, 2.45) is 0 Å². The number of amides is 2. The molecule has 0 radical (unpaired) electrons. The van der Waals surface area contributed by atoms with Crippen LogP contribution in [0.5, 0.6) is 0 Å². The van der Waals surface area contributed by atoms with Gasteiger partial charge in [0.1, 0.15) is 25.4 Å². The number of benzene rings is 1. The van der Waals surface area contributed by atoms with Gasteiger partial charge in [0.05, 0.1) is 39.6 Å². The molecular weight excluding hydrogens is 408 g/mol. The molecule has 0 unspecified atom stereocenters. The van der Waals surface area contributed by atoms with Crippen LogP contribution < -0.4 is 10.6 Å². The highest BCUT2D eigenvalue weighted by Gasteiger charge is 2.37. The van der Waals surface area contributed by atoms with Gasteiger partial charge < -0.3 is 39.1 Å². The fourth-order valence-electron chi connectivity index (χ4n) is 3.07. The Labute approximate surface area is 181 Å². The molecule has 2 saturated heterocycles. The molecular formula is C21H30N2O8. The van der Waals surface area contributed by atoms with E-state index in [1.54, 1.807) is 0 Å². The van der Waals surface area contributed by atoms with Crippen molar-refractivity contribution in [2.45, 2.75) is 18.5 Å². The van der Waals surface area contributed by atoms with Crippen LogP contribution in [0.25, 0.3) is 0 Å². The maximum absolute atomic E-state index is 11.9.